The molecule has 15 heavy (non-hydrogen) atoms. The Bertz CT molecular complexity index is 131. The summed E-state index contributed by atoms with van der Waals surface area (Å²) < 4.78 is 5.25. The molecular formula is C12H28N2O. The third-order valence-electron chi connectivity index (χ3n) is 2.84. The first-order valence-corrected chi connectivity index (χ1v) is 6.15. The van der Waals surface area contributed by atoms with E-state index in [2.05, 4.69) is 18.9 Å². The summed E-state index contributed by atoms with van der Waals surface area (Å²) in [7, 11) is 3.96. The maximum Gasteiger partial charge on any atom is 0.0617 e. The van der Waals surface area contributed by atoms with Crippen LogP contribution < -0.4 is 5.73 Å². The Labute approximate surface area is 95.0 Å². The van der Waals surface area contributed by atoms with Crippen molar-refractivity contribution >= 4 is 0 Å². The Hall–Kier alpha value is -0.120. The van der Waals surface area contributed by atoms with E-state index in [1.165, 1.54) is 25.8 Å². The van der Waals surface area contributed by atoms with E-state index in [0.717, 1.165) is 26.0 Å². The summed E-state index contributed by atoms with van der Waals surface area (Å²) in [6.07, 6.45) is 6.13. The summed E-state index contributed by atoms with van der Waals surface area (Å²) in [5.41, 5.74) is 5.54. The van der Waals surface area contributed by atoms with Crippen LogP contribution >= 0.6 is 0 Å². The van der Waals surface area contributed by atoms with Crippen molar-refractivity contribution in [3.63, 3.8) is 0 Å². The van der Waals surface area contributed by atoms with Gasteiger partial charge in [-0.15, -0.1) is 0 Å². The molecule has 0 aromatic rings. The second-order valence-electron chi connectivity index (χ2n) is 4.23. The molecule has 0 saturated carbocycles. The van der Waals surface area contributed by atoms with Crippen LogP contribution in [0.4, 0.5) is 0 Å². The van der Waals surface area contributed by atoms with Crippen molar-refractivity contribution in [1.29, 1.82) is 0 Å². The van der Waals surface area contributed by atoms with E-state index in [4.69, 9.17) is 10.5 Å². The van der Waals surface area contributed by atoms with E-state index in [1.54, 1.807) is 7.11 Å². The van der Waals surface area contributed by atoms with Crippen LogP contribution in [0.5, 0.6) is 0 Å². The quantitative estimate of drug-likeness (QED) is 0.567. The molecule has 1 unspecified atom stereocenters. The molecule has 0 rings (SSSR count). The first kappa shape index (κ1) is 14.9. The van der Waals surface area contributed by atoms with Gasteiger partial charge < -0.3 is 15.4 Å². The second kappa shape index (κ2) is 10.4. The lowest BCUT2D eigenvalue weighted by molar-refractivity contribution is 0.0991. The molecule has 0 aromatic heterocycles. The molecule has 0 amide bonds. The fourth-order valence-corrected chi connectivity index (χ4v) is 1.77. The highest BCUT2D eigenvalue weighted by Gasteiger charge is 2.13. The van der Waals surface area contributed by atoms with Crippen molar-refractivity contribution in [2.75, 3.05) is 33.9 Å². The van der Waals surface area contributed by atoms with Gasteiger partial charge >= 0.3 is 0 Å². The van der Waals surface area contributed by atoms with Gasteiger partial charge in [0.25, 0.3) is 0 Å². The Morgan fingerprint density at radius 1 is 1.27 bits per heavy atom. The maximum atomic E-state index is 5.54. The molecule has 3 heteroatoms. The topological polar surface area (TPSA) is 38.5 Å². The third-order valence-corrected chi connectivity index (χ3v) is 2.84. The normalized spacial score (nSPS) is 13.4. The zero-order valence-electron chi connectivity index (χ0n) is 10.7. The highest BCUT2D eigenvalue weighted by molar-refractivity contribution is 4.68. The van der Waals surface area contributed by atoms with Gasteiger partial charge in [-0.2, -0.15) is 0 Å². The van der Waals surface area contributed by atoms with Crippen molar-refractivity contribution in [1.82, 2.24) is 4.90 Å². The summed E-state index contributed by atoms with van der Waals surface area (Å²) in [5.74, 6) is 0. The number of hydrogen-bond acceptors (Lipinski definition) is 3. The van der Waals surface area contributed by atoms with Crippen molar-refractivity contribution < 1.29 is 4.74 Å². The fourth-order valence-electron chi connectivity index (χ4n) is 1.77. The Balaban J connectivity index is 3.75. The molecule has 0 aliphatic heterocycles. The molecule has 0 radical (unpaired) electrons. The van der Waals surface area contributed by atoms with Crippen LogP contribution in [-0.4, -0.2) is 44.8 Å². The molecule has 0 heterocycles. The monoisotopic (exact) mass is 216 g/mol. The predicted molar refractivity (Wildman–Crippen MR) is 66.1 cm³/mol. The summed E-state index contributed by atoms with van der Waals surface area (Å²) in [6, 6.07) is 0.537. The number of likely N-dealkylation sites (N-methyl/N-ethyl adjacent to an activating group) is 1. The lowest BCUT2D eigenvalue weighted by Crippen LogP contribution is -2.36. The van der Waals surface area contributed by atoms with Gasteiger partial charge in [0.2, 0.25) is 0 Å². The number of nitrogens with two attached hydrogens (primary N) is 1. The van der Waals surface area contributed by atoms with Gasteiger partial charge in [-0.3, -0.25) is 0 Å². The van der Waals surface area contributed by atoms with Crippen LogP contribution in [0.15, 0.2) is 0 Å². The van der Waals surface area contributed by atoms with Gasteiger partial charge in [0.15, 0.2) is 0 Å². The number of ether oxygens (including phenoxy) is 1. The second-order valence-corrected chi connectivity index (χ2v) is 4.23. The lowest BCUT2D eigenvalue weighted by Gasteiger charge is -2.27. The van der Waals surface area contributed by atoms with E-state index in [-0.39, 0.29) is 0 Å². The Morgan fingerprint density at radius 3 is 2.53 bits per heavy atom. The molecule has 1 atom stereocenters. The number of nitrogens with zero attached hydrogens (tertiary/aromatic N) is 1. The minimum Gasteiger partial charge on any atom is -0.383 e. The molecule has 0 aromatic carbocycles. The molecular weight excluding hydrogens is 188 g/mol. The zero-order valence-corrected chi connectivity index (χ0v) is 10.7. The average Bonchev–Trinajstić information content (AvgIpc) is 2.24. The van der Waals surface area contributed by atoms with E-state index >= 15 is 0 Å². The highest BCUT2D eigenvalue weighted by Crippen LogP contribution is 2.07. The first-order chi connectivity index (χ1) is 7.26. The van der Waals surface area contributed by atoms with Gasteiger partial charge in [-0.05, 0) is 39.4 Å². The van der Waals surface area contributed by atoms with E-state index in [0.29, 0.717) is 6.04 Å². The van der Waals surface area contributed by atoms with Crippen molar-refractivity contribution in [2.45, 2.75) is 45.1 Å². The molecule has 3 nitrogen and oxygen atoms in total. The molecule has 0 bridgehead atoms. The maximum absolute atomic E-state index is 5.54. The molecule has 0 spiro atoms. The van der Waals surface area contributed by atoms with Crippen LogP contribution in [0, 0.1) is 0 Å². The van der Waals surface area contributed by atoms with Gasteiger partial charge in [-0.25, -0.2) is 0 Å². The number of hydrogen-bond donors (Lipinski definition) is 1. The summed E-state index contributed by atoms with van der Waals surface area (Å²) in [5, 5.41) is 0. The predicted octanol–water partition coefficient (Wildman–Crippen LogP) is 1.86. The van der Waals surface area contributed by atoms with Gasteiger partial charge in [0.1, 0.15) is 0 Å². The van der Waals surface area contributed by atoms with Gasteiger partial charge in [0.05, 0.1) is 6.61 Å². The van der Waals surface area contributed by atoms with Crippen LogP contribution in [0.2, 0.25) is 0 Å². The van der Waals surface area contributed by atoms with E-state index in [1.807, 2.05) is 0 Å². The molecule has 2 N–H and O–H groups in total. The smallest absolute Gasteiger partial charge is 0.0617 e. The van der Waals surface area contributed by atoms with Crippen LogP contribution in [0.25, 0.3) is 0 Å². The Kier molecular flexibility index (Phi) is 10.3. The van der Waals surface area contributed by atoms with Crippen molar-refractivity contribution in [3.8, 4) is 0 Å². The fraction of sp³-hybridized carbons (Fsp3) is 1.00. The lowest BCUT2D eigenvalue weighted by atomic mass is 10.1. The largest absolute Gasteiger partial charge is 0.383 e. The van der Waals surface area contributed by atoms with Gasteiger partial charge in [0, 0.05) is 13.2 Å². The number of methoxy groups -OCH3 is 1. The minimum absolute atomic E-state index is 0.537. The molecule has 0 fully saturated rings. The van der Waals surface area contributed by atoms with Crippen LogP contribution in [0.1, 0.15) is 39.0 Å². The SMILES string of the molecule is CCCCCN(C)C(CCCN)COC. The zero-order chi connectivity index (χ0) is 11.5. The third kappa shape index (κ3) is 7.77. The molecule has 0 aliphatic rings. The number of unbranched alkanes of at least 4 members (excludes halogenated alkanes) is 2. The van der Waals surface area contributed by atoms with Crippen LogP contribution in [0.3, 0.4) is 0 Å². The molecule has 0 aliphatic carbocycles. The summed E-state index contributed by atoms with van der Waals surface area (Å²) in [6.45, 7) is 5.01. The molecule has 0 saturated heterocycles. The number of rotatable bonds is 10. The highest BCUT2D eigenvalue weighted by atomic mass is 16.5. The van der Waals surface area contributed by atoms with Gasteiger partial charge in [-0.1, -0.05) is 19.8 Å². The minimum atomic E-state index is 0.537. The van der Waals surface area contributed by atoms with Crippen LogP contribution in [-0.2, 0) is 4.74 Å². The van der Waals surface area contributed by atoms with Crippen molar-refractivity contribution in [2.24, 2.45) is 5.73 Å². The summed E-state index contributed by atoms with van der Waals surface area (Å²) in [4.78, 5) is 2.41. The molecule has 92 valence electrons. The summed E-state index contributed by atoms with van der Waals surface area (Å²) >= 11 is 0. The van der Waals surface area contributed by atoms with E-state index in [9.17, 15) is 0 Å². The van der Waals surface area contributed by atoms with Crippen molar-refractivity contribution in [3.05, 3.63) is 0 Å². The average molecular weight is 216 g/mol. The van der Waals surface area contributed by atoms with E-state index < -0.39 is 0 Å². The Morgan fingerprint density at radius 2 is 2.00 bits per heavy atom. The standard InChI is InChI=1S/C12H28N2O/c1-4-5-6-10-14(2)12(11-15-3)8-7-9-13/h12H,4-11,13H2,1-3H3. The first-order valence-electron chi connectivity index (χ1n) is 6.15.